The van der Waals surface area contributed by atoms with Gasteiger partial charge in [0.2, 0.25) is 0 Å². The minimum absolute atomic E-state index is 0.243. The Balaban J connectivity index is 1.76. The Bertz CT molecular complexity index is 828. The Morgan fingerprint density at radius 3 is 2.67 bits per heavy atom. The Kier molecular flexibility index (Phi) is 4.70. The van der Waals surface area contributed by atoms with Crippen LogP contribution in [0, 0.1) is 5.82 Å². The predicted molar refractivity (Wildman–Crippen MR) is 91.3 cm³/mol. The van der Waals surface area contributed by atoms with Crippen LogP contribution in [0.2, 0.25) is 0 Å². The van der Waals surface area contributed by atoms with Gasteiger partial charge in [-0.05, 0) is 30.2 Å². The van der Waals surface area contributed by atoms with Gasteiger partial charge < -0.3 is 10.1 Å². The minimum atomic E-state index is -0.260. The zero-order chi connectivity index (χ0) is 16.9. The molecule has 1 amide bonds. The van der Waals surface area contributed by atoms with Gasteiger partial charge in [0.25, 0.3) is 5.91 Å². The van der Waals surface area contributed by atoms with Crippen molar-refractivity contribution in [3.63, 3.8) is 0 Å². The first kappa shape index (κ1) is 15.9. The molecule has 0 unspecified atom stereocenters. The lowest BCUT2D eigenvalue weighted by Crippen LogP contribution is -2.24. The second-order valence-electron chi connectivity index (χ2n) is 5.38. The number of amides is 1. The van der Waals surface area contributed by atoms with Crippen molar-refractivity contribution in [2.75, 3.05) is 7.11 Å². The average Bonchev–Trinajstić information content (AvgIpc) is 2.94. The highest BCUT2D eigenvalue weighted by Gasteiger charge is 2.20. The summed E-state index contributed by atoms with van der Waals surface area (Å²) in [5, 5.41) is 2.73. The molecule has 0 atom stereocenters. The van der Waals surface area contributed by atoms with E-state index in [9.17, 15) is 9.18 Å². The average molecular weight is 324 g/mol. The van der Waals surface area contributed by atoms with Gasteiger partial charge in [0, 0.05) is 12.0 Å². The zero-order valence-corrected chi connectivity index (χ0v) is 13.3. The predicted octanol–water partition coefficient (Wildman–Crippen LogP) is 3.34. The van der Waals surface area contributed by atoms with Crippen molar-refractivity contribution >= 4 is 17.8 Å². The van der Waals surface area contributed by atoms with Crippen molar-refractivity contribution in [1.82, 2.24) is 5.32 Å². The lowest BCUT2D eigenvalue weighted by atomic mass is 10.1. The molecule has 0 aromatic heterocycles. The smallest absolute Gasteiger partial charge is 0.275 e. The summed E-state index contributed by atoms with van der Waals surface area (Å²) in [6.07, 6.45) is 2.63. The molecule has 1 heterocycles. The van der Waals surface area contributed by atoms with Gasteiger partial charge in [0.05, 0.1) is 7.11 Å². The Morgan fingerprint density at radius 2 is 1.88 bits per heavy atom. The summed E-state index contributed by atoms with van der Waals surface area (Å²) in [5.74, 6) is 0.717. The van der Waals surface area contributed by atoms with Gasteiger partial charge in [-0.3, -0.25) is 4.79 Å². The Morgan fingerprint density at radius 1 is 1.12 bits per heavy atom. The number of rotatable bonds is 5. The monoisotopic (exact) mass is 324 g/mol. The summed E-state index contributed by atoms with van der Waals surface area (Å²) >= 11 is 0. The zero-order valence-electron chi connectivity index (χ0n) is 13.3. The number of hydrogen-bond donors (Lipinski definition) is 1. The van der Waals surface area contributed by atoms with Gasteiger partial charge in [0.1, 0.15) is 23.1 Å². The number of nitrogens with zero attached hydrogens (tertiary/aromatic N) is 1. The van der Waals surface area contributed by atoms with E-state index in [1.54, 1.807) is 31.4 Å². The standard InChI is InChI=1S/C19H17FN2O2/c1-24-17-9-5-3-7-14(17)12-16-19(23)22-18(21-16)11-10-13-6-2-4-8-15(13)20/h2-9,12H,10-11H2,1H3,(H,21,22,23)/b16-12-. The van der Waals surface area contributed by atoms with Gasteiger partial charge in [-0.25, -0.2) is 9.38 Å². The molecule has 122 valence electrons. The molecule has 2 aromatic carbocycles. The van der Waals surface area contributed by atoms with Crippen LogP contribution >= 0.6 is 0 Å². The van der Waals surface area contributed by atoms with E-state index in [1.165, 1.54) is 6.07 Å². The molecule has 0 saturated heterocycles. The first-order chi connectivity index (χ1) is 11.7. The van der Waals surface area contributed by atoms with Crippen molar-refractivity contribution in [3.05, 3.63) is 71.2 Å². The fourth-order valence-corrected chi connectivity index (χ4v) is 2.52. The molecule has 24 heavy (non-hydrogen) atoms. The van der Waals surface area contributed by atoms with Crippen molar-refractivity contribution in [2.24, 2.45) is 4.99 Å². The van der Waals surface area contributed by atoms with Crippen LogP contribution in [0.15, 0.2) is 59.2 Å². The normalized spacial score (nSPS) is 15.3. The maximum atomic E-state index is 13.6. The molecule has 0 bridgehead atoms. The molecule has 0 saturated carbocycles. The molecule has 5 heteroatoms. The third-order valence-corrected chi connectivity index (χ3v) is 3.77. The van der Waals surface area contributed by atoms with Crippen LogP contribution in [-0.2, 0) is 11.2 Å². The number of benzene rings is 2. The quantitative estimate of drug-likeness (QED) is 0.858. The van der Waals surface area contributed by atoms with Crippen molar-refractivity contribution < 1.29 is 13.9 Å². The number of methoxy groups -OCH3 is 1. The van der Waals surface area contributed by atoms with Crippen LogP contribution < -0.4 is 10.1 Å². The molecule has 1 aliphatic rings. The molecular formula is C19H17FN2O2. The van der Waals surface area contributed by atoms with Crippen LogP contribution in [0.4, 0.5) is 4.39 Å². The molecular weight excluding hydrogens is 307 g/mol. The van der Waals surface area contributed by atoms with Crippen molar-refractivity contribution in [2.45, 2.75) is 12.8 Å². The second-order valence-corrected chi connectivity index (χ2v) is 5.38. The summed E-state index contributed by atoms with van der Waals surface area (Å²) in [6.45, 7) is 0. The summed E-state index contributed by atoms with van der Waals surface area (Å²) in [4.78, 5) is 16.4. The first-order valence-electron chi connectivity index (χ1n) is 7.64. The van der Waals surface area contributed by atoms with Gasteiger partial charge in [0.15, 0.2) is 0 Å². The van der Waals surface area contributed by atoms with E-state index in [0.717, 1.165) is 5.56 Å². The summed E-state index contributed by atoms with van der Waals surface area (Å²) in [5.41, 5.74) is 1.71. The number of nitrogens with one attached hydrogen (secondary N) is 1. The summed E-state index contributed by atoms with van der Waals surface area (Å²) in [7, 11) is 1.58. The van der Waals surface area contributed by atoms with E-state index in [0.29, 0.717) is 35.7 Å². The van der Waals surface area contributed by atoms with Gasteiger partial charge in [-0.15, -0.1) is 0 Å². The number of carbonyl (C=O) groups excluding carboxylic acids is 1. The van der Waals surface area contributed by atoms with Gasteiger partial charge in [-0.2, -0.15) is 0 Å². The number of para-hydroxylation sites is 1. The fourth-order valence-electron chi connectivity index (χ4n) is 2.52. The Labute approximate surface area is 139 Å². The molecule has 1 N–H and O–H groups in total. The van der Waals surface area contributed by atoms with E-state index >= 15 is 0 Å². The second kappa shape index (κ2) is 7.08. The SMILES string of the molecule is COc1ccccc1/C=C1\N=C(CCc2ccccc2F)NC1=O. The largest absolute Gasteiger partial charge is 0.496 e. The van der Waals surface area contributed by atoms with E-state index in [2.05, 4.69) is 10.3 Å². The third-order valence-electron chi connectivity index (χ3n) is 3.77. The maximum absolute atomic E-state index is 13.6. The molecule has 3 rings (SSSR count). The fraction of sp³-hybridized carbons (Fsp3) is 0.158. The molecule has 0 fully saturated rings. The number of halogens is 1. The molecule has 4 nitrogen and oxygen atoms in total. The summed E-state index contributed by atoms with van der Waals surface area (Å²) in [6, 6.07) is 14.0. The number of carbonyl (C=O) groups is 1. The molecule has 0 spiro atoms. The van der Waals surface area contributed by atoms with Crippen molar-refractivity contribution in [1.29, 1.82) is 0 Å². The van der Waals surface area contributed by atoms with Crippen LogP contribution in [-0.4, -0.2) is 18.9 Å². The highest BCUT2D eigenvalue weighted by molar-refractivity contribution is 6.14. The molecule has 0 aliphatic carbocycles. The van der Waals surface area contributed by atoms with E-state index < -0.39 is 0 Å². The van der Waals surface area contributed by atoms with Crippen LogP contribution in [0.1, 0.15) is 17.5 Å². The highest BCUT2D eigenvalue weighted by Crippen LogP contribution is 2.22. The van der Waals surface area contributed by atoms with Crippen LogP contribution in [0.25, 0.3) is 6.08 Å². The highest BCUT2D eigenvalue weighted by atomic mass is 19.1. The summed E-state index contributed by atoms with van der Waals surface area (Å²) < 4.78 is 18.9. The first-order valence-corrected chi connectivity index (χ1v) is 7.64. The lowest BCUT2D eigenvalue weighted by Gasteiger charge is -2.03. The maximum Gasteiger partial charge on any atom is 0.275 e. The van der Waals surface area contributed by atoms with Gasteiger partial charge in [-0.1, -0.05) is 36.4 Å². The number of amidine groups is 1. The van der Waals surface area contributed by atoms with E-state index in [-0.39, 0.29) is 11.7 Å². The lowest BCUT2D eigenvalue weighted by molar-refractivity contribution is -0.115. The Hall–Kier alpha value is -2.95. The van der Waals surface area contributed by atoms with Crippen molar-refractivity contribution in [3.8, 4) is 5.75 Å². The number of ether oxygens (including phenoxy) is 1. The number of hydrogen-bond acceptors (Lipinski definition) is 3. The van der Waals surface area contributed by atoms with Crippen LogP contribution in [0.3, 0.4) is 0 Å². The molecule has 1 aliphatic heterocycles. The minimum Gasteiger partial charge on any atom is -0.496 e. The third kappa shape index (κ3) is 3.51. The van der Waals surface area contributed by atoms with Gasteiger partial charge >= 0.3 is 0 Å². The number of aliphatic imine (C=N–C) groups is 1. The topological polar surface area (TPSA) is 50.7 Å². The molecule has 0 radical (unpaired) electrons. The van der Waals surface area contributed by atoms with Crippen LogP contribution in [0.5, 0.6) is 5.75 Å². The number of aryl methyl sites for hydroxylation is 1. The molecule has 2 aromatic rings. The van der Waals surface area contributed by atoms with E-state index in [4.69, 9.17) is 4.74 Å². The van der Waals surface area contributed by atoms with E-state index in [1.807, 2.05) is 24.3 Å².